The maximum Gasteiger partial charge on any atom is 0.165 e. The Bertz CT molecular complexity index is 385. The first-order valence-electron chi connectivity index (χ1n) is 7.42. The molecule has 0 bridgehead atoms. The molecule has 0 saturated heterocycles. The number of nitrogens with one attached hydrogen (secondary N) is 1. The normalized spacial score (nSPS) is 12.4. The van der Waals surface area contributed by atoms with Crippen LogP contribution in [0.4, 0.5) is 4.39 Å². The van der Waals surface area contributed by atoms with Gasteiger partial charge in [0.1, 0.15) is 0 Å². The van der Waals surface area contributed by atoms with Crippen LogP contribution in [0, 0.1) is 5.82 Å². The summed E-state index contributed by atoms with van der Waals surface area (Å²) in [6.07, 6.45) is 1.83. The SMILES string of the molecule is CCCNC(C)c1ccc(OCCCOCC)c(F)c1. The quantitative estimate of drug-likeness (QED) is 0.664. The maximum absolute atomic E-state index is 13.9. The summed E-state index contributed by atoms with van der Waals surface area (Å²) in [7, 11) is 0. The molecule has 0 fully saturated rings. The van der Waals surface area contributed by atoms with E-state index in [0.717, 1.165) is 24.9 Å². The van der Waals surface area contributed by atoms with Crippen LogP contribution in [0.1, 0.15) is 45.2 Å². The van der Waals surface area contributed by atoms with Crippen LogP contribution >= 0.6 is 0 Å². The molecule has 0 heterocycles. The first kappa shape index (κ1) is 16.9. The predicted molar refractivity (Wildman–Crippen MR) is 79.7 cm³/mol. The first-order chi connectivity index (χ1) is 9.69. The molecule has 0 aromatic heterocycles. The van der Waals surface area contributed by atoms with Crippen LogP contribution in [0.15, 0.2) is 18.2 Å². The van der Waals surface area contributed by atoms with Gasteiger partial charge in [-0.15, -0.1) is 0 Å². The fourth-order valence-corrected chi connectivity index (χ4v) is 1.87. The molecule has 0 aliphatic heterocycles. The van der Waals surface area contributed by atoms with Crippen molar-refractivity contribution in [2.24, 2.45) is 0 Å². The smallest absolute Gasteiger partial charge is 0.165 e. The van der Waals surface area contributed by atoms with Crippen molar-refractivity contribution in [1.82, 2.24) is 5.32 Å². The molecule has 0 amide bonds. The summed E-state index contributed by atoms with van der Waals surface area (Å²) in [6, 6.07) is 5.31. The van der Waals surface area contributed by atoms with Crippen molar-refractivity contribution >= 4 is 0 Å². The lowest BCUT2D eigenvalue weighted by atomic mass is 10.1. The molecule has 114 valence electrons. The zero-order chi connectivity index (χ0) is 14.8. The van der Waals surface area contributed by atoms with Crippen molar-refractivity contribution in [2.45, 2.75) is 39.7 Å². The number of hydrogen-bond acceptors (Lipinski definition) is 3. The van der Waals surface area contributed by atoms with Crippen LogP contribution < -0.4 is 10.1 Å². The van der Waals surface area contributed by atoms with Gasteiger partial charge in [0.15, 0.2) is 11.6 Å². The first-order valence-corrected chi connectivity index (χ1v) is 7.42. The third-order valence-electron chi connectivity index (χ3n) is 3.05. The minimum absolute atomic E-state index is 0.149. The Kier molecular flexibility index (Phi) is 8.23. The molecule has 0 spiro atoms. The Labute approximate surface area is 121 Å². The van der Waals surface area contributed by atoms with Gasteiger partial charge in [0.25, 0.3) is 0 Å². The van der Waals surface area contributed by atoms with E-state index in [1.165, 1.54) is 0 Å². The average molecular weight is 283 g/mol. The van der Waals surface area contributed by atoms with Gasteiger partial charge in [-0.3, -0.25) is 0 Å². The van der Waals surface area contributed by atoms with Crippen LogP contribution in [-0.2, 0) is 4.74 Å². The topological polar surface area (TPSA) is 30.5 Å². The second kappa shape index (κ2) is 9.72. The Hall–Kier alpha value is -1.13. The van der Waals surface area contributed by atoms with E-state index in [-0.39, 0.29) is 11.9 Å². The van der Waals surface area contributed by atoms with E-state index in [0.29, 0.717) is 25.6 Å². The monoisotopic (exact) mass is 283 g/mol. The standard InChI is InChI=1S/C16H26FNO2/c1-4-9-18-13(3)14-7-8-16(15(17)12-14)20-11-6-10-19-5-2/h7-8,12-13,18H,4-6,9-11H2,1-3H3. The third-order valence-corrected chi connectivity index (χ3v) is 3.05. The molecular formula is C16H26FNO2. The summed E-state index contributed by atoms with van der Waals surface area (Å²) < 4.78 is 24.6. The van der Waals surface area contributed by atoms with Crippen LogP contribution in [0.25, 0.3) is 0 Å². The summed E-state index contributed by atoms with van der Waals surface area (Å²) in [6.45, 7) is 8.85. The number of hydrogen-bond donors (Lipinski definition) is 1. The molecule has 3 nitrogen and oxygen atoms in total. The summed E-state index contributed by atoms with van der Waals surface area (Å²) in [4.78, 5) is 0. The van der Waals surface area contributed by atoms with Gasteiger partial charge >= 0.3 is 0 Å². The van der Waals surface area contributed by atoms with Crippen molar-refractivity contribution in [3.8, 4) is 5.75 Å². The number of benzene rings is 1. The van der Waals surface area contributed by atoms with Gasteiger partial charge in [-0.05, 0) is 44.5 Å². The molecular weight excluding hydrogens is 257 g/mol. The lowest BCUT2D eigenvalue weighted by molar-refractivity contribution is 0.130. The molecule has 0 saturated carbocycles. The van der Waals surface area contributed by atoms with Gasteiger partial charge in [-0.2, -0.15) is 0 Å². The molecule has 0 aliphatic carbocycles. The van der Waals surface area contributed by atoms with E-state index < -0.39 is 0 Å². The van der Waals surface area contributed by atoms with Gasteiger partial charge in [0.05, 0.1) is 6.61 Å². The highest BCUT2D eigenvalue weighted by Crippen LogP contribution is 2.22. The van der Waals surface area contributed by atoms with Gasteiger partial charge in [-0.1, -0.05) is 13.0 Å². The van der Waals surface area contributed by atoms with E-state index in [9.17, 15) is 4.39 Å². The molecule has 1 rings (SSSR count). The van der Waals surface area contributed by atoms with Crippen LogP contribution in [-0.4, -0.2) is 26.4 Å². The van der Waals surface area contributed by atoms with Crippen LogP contribution in [0.5, 0.6) is 5.75 Å². The minimum Gasteiger partial charge on any atom is -0.490 e. The molecule has 0 radical (unpaired) electrons. The van der Waals surface area contributed by atoms with Crippen molar-refractivity contribution in [3.63, 3.8) is 0 Å². The lowest BCUT2D eigenvalue weighted by Crippen LogP contribution is -2.19. The van der Waals surface area contributed by atoms with Gasteiger partial charge < -0.3 is 14.8 Å². The number of rotatable bonds is 10. The van der Waals surface area contributed by atoms with Crippen molar-refractivity contribution in [3.05, 3.63) is 29.6 Å². The predicted octanol–water partition coefficient (Wildman–Crippen LogP) is 3.69. The van der Waals surface area contributed by atoms with E-state index in [4.69, 9.17) is 9.47 Å². The molecule has 1 aromatic carbocycles. The summed E-state index contributed by atoms with van der Waals surface area (Å²) in [5.74, 6) is 0.0111. The van der Waals surface area contributed by atoms with E-state index in [2.05, 4.69) is 12.2 Å². The summed E-state index contributed by atoms with van der Waals surface area (Å²) in [5.41, 5.74) is 0.942. The molecule has 1 unspecified atom stereocenters. The second-order valence-electron chi connectivity index (χ2n) is 4.76. The molecule has 1 N–H and O–H groups in total. The number of halogens is 1. The second-order valence-corrected chi connectivity index (χ2v) is 4.76. The summed E-state index contributed by atoms with van der Waals surface area (Å²) >= 11 is 0. The van der Waals surface area contributed by atoms with Crippen LogP contribution in [0.2, 0.25) is 0 Å². The average Bonchev–Trinajstić information content (AvgIpc) is 2.46. The highest BCUT2D eigenvalue weighted by molar-refractivity contribution is 5.30. The maximum atomic E-state index is 13.9. The fourth-order valence-electron chi connectivity index (χ4n) is 1.87. The number of ether oxygens (including phenoxy) is 2. The molecule has 1 aromatic rings. The fraction of sp³-hybridized carbons (Fsp3) is 0.625. The third kappa shape index (κ3) is 5.88. The molecule has 20 heavy (non-hydrogen) atoms. The molecule has 0 aliphatic rings. The minimum atomic E-state index is -0.302. The van der Waals surface area contributed by atoms with E-state index >= 15 is 0 Å². The van der Waals surface area contributed by atoms with Gasteiger partial charge in [-0.25, -0.2) is 4.39 Å². The Morgan fingerprint density at radius 1 is 1.25 bits per heavy atom. The van der Waals surface area contributed by atoms with E-state index in [1.54, 1.807) is 12.1 Å². The van der Waals surface area contributed by atoms with Crippen LogP contribution in [0.3, 0.4) is 0 Å². The van der Waals surface area contributed by atoms with Gasteiger partial charge in [0, 0.05) is 25.7 Å². The Morgan fingerprint density at radius 3 is 2.70 bits per heavy atom. The Morgan fingerprint density at radius 2 is 2.05 bits per heavy atom. The Balaban J connectivity index is 2.46. The summed E-state index contributed by atoms with van der Waals surface area (Å²) in [5, 5.41) is 3.34. The highest BCUT2D eigenvalue weighted by Gasteiger charge is 2.09. The molecule has 4 heteroatoms. The highest BCUT2D eigenvalue weighted by atomic mass is 19.1. The largest absolute Gasteiger partial charge is 0.490 e. The zero-order valence-electron chi connectivity index (χ0n) is 12.7. The van der Waals surface area contributed by atoms with Gasteiger partial charge in [0.2, 0.25) is 0 Å². The van der Waals surface area contributed by atoms with Crippen molar-refractivity contribution in [1.29, 1.82) is 0 Å². The molecule has 1 atom stereocenters. The van der Waals surface area contributed by atoms with Crippen molar-refractivity contribution in [2.75, 3.05) is 26.4 Å². The zero-order valence-corrected chi connectivity index (χ0v) is 12.7. The van der Waals surface area contributed by atoms with E-state index in [1.807, 2.05) is 19.9 Å². The lowest BCUT2D eigenvalue weighted by Gasteiger charge is -2.15. The van der Waals surface area contributed by atoms with Crippen molar-refractivity contribution < 1.29 is 13.9 Å².